The Kier molecular flexibility index (Phi) is 5.10. The van der Waals surface area contributed by atoms with Crippen molar-refractivity contribution in [2.45, 2.75) is 45.2 Å². The molecule has 0 spiro atoms. The number of rotatable bonds is 7. The van der Waals surface area contributed by atoms with E-state index in [-0.39, 0.29) is 6.04 Å². The fraction of sp³-hybridized carbons (Fsp3) is 0.467. The van der Waals surface area contributed by atoms with E-state index in [4.69, 9.17) is 5.73 Å². The molecule has 4 heteroatoms. The molecule has 1 atom stereocenters. The smallest absolute Gasteiger partial charge is 0.138 e. The van der Waals surface area contributed by atoms with Crippen molar-refractivity contribution in [1.82, 2.24) is 14.8 Å². The maximum absolute atomic E-state index is 6.19. The van der Waals surface area contributed by atoms with Crippen LogP contribution in [-0.2, 0) is 13.0 Å². The number of hydrogen-bond acceptors (Lipinski definition) is 3. The lowest BCUT2D eigenvalue weighted by Gasteiger charge is -2.11. The Labute approximate surface area is 114 Å². The Morgan fingerprint density at radius 1 is 1.26 bits per heavy atom. The molecule has 0 aliphatic rings. The SMILES string of the molecule is CCCn1ncnc1CCCC(N)c1ccccc1. The van der Waals surface area contributed by atoms with Crippen LogP contribution in [0.3, 0.4) is 0 Å². The highest BCUT2D eigenvalue weighted by Crippen LogP contribution is 2.16. The van der Waals surface area contributed by atoms with Crippen molar-refractivity contribution in [3.8, 4) is 0 Å². The minimum atomic E-state index is 0.115. The van der Waals surface area contributed by atoms with Crippen LogP contribution >= 0.6 is 0 Å². The molecule has 0 amide bonds. The molecule has 0 radical (unpaired) electrons. The van der Waals surface area contributed by atoms with Crippen molar-refractivity contribution in [2.75, 3.05) is 0 Å². The fourth-order valence-corrected chi connectivity index (χ4v) is 2.23. The summed E-state index contributed by atoms with van der Waals surface area (Å²) in [5.74, 6) is 1.07. The van der Waals surface area contributed by atoms with Gasteiger partial charge in [-0.25, -0.2) is 4.98 Å². The predicted octanol–water partition coefficient (Wildman–Crippen LogP) is 2.71. The van der Waals surface area contributed by atoms with Crippen LogP contribution in [0.4, 0.5) is 0 Å². The Morgan fingerprint density at radius 3 is 2.79 bits per heavy atom. The van der Waals surface area contributed by atoms with Crippen LogP contribution in [0.25, 0.3) is 0 Å². The number of hydrogen-bond donors (Lipinski definition) is 1. The summed E-state index contributed by atoms with van der Waals surface area (Å²) in [5, 5.41) is 4.24. The molecule has 2 aromatic rings. The van der Waals surface area contributed by atoms with Crippen LogP contribution in [0.5, 0.6) is 0 Å². The molecule has 0 aliphatic heterocycles. The van der Waals surface area contributed by atoms with Gasteiger partial charge in [-0.05, 0) is 24.8 Å². The molecule has 0 bridgehead atoms. The first kappa shape index (κ1) is 13.7. The van der Waals surface area contributed by atoms with Gasteiger partial charge in [-0.2, -0.15) is 5.10 Å². The van der Waals surface area contributed by atoms with Gasteiger partial charge < -0.3 is 5.73 Å². The van der Waals surface area contributed by atoms with E-state index in [0.29, 0.717) is 0 Å². The molecule has 2 rings (SSSR count). The third-order valence-corrected chi connectivity index (χ3v) is 3.27. The molecule has 0 fully saturated rings. The highest BCUT2D eigenvalue weighted by atomic mass is 15.3. The van der Waals surface area contributed by atoms with Crippen molar-refractivity contribution in [3.63, 3.8) is 0 Å². The maximum Gasteiger partial charge on any atom is 0.138 e. The zero-order valence-corrected chi connectivity index (χ0v) is 11.5. The van der Waals surface area contributed by atoms with Gasteiger partial charge in [0.25, 0.3) is 0 Å². The largest absolute Gasteiger partial charge is 0.324 e. The van der Waals surface area contributed by atoms with Crippen LogP contribution in [0.1, 0.15) is 43.6 Å². The van der Waals surface area contributed by atoms with E-state index < -0.39 is 0 Å². The van der Waals surface area contributed by atoms with Crippen LogP contribution in [0.2, 0.25) is 0 Å². The Bertz CT molecular complexity index is 478. The van der Waals surface area contributed by atoms with Crippen molar-refractivity contribution in [3.05, 3.63) is 48.0 Å². The number of nitrogens with two attached hydrogens (primary N) is 1. The van der Waals surface area contributed by atoms with Gasteiger partial charge in [-0.3, -0.25) is 4.68 Å². The molecular formula is C15H22N4. The van der Waals surface area contributed by atoms with Crippen molar-refractivity contribution in [2.24, 2.45) is 5.73 Å². The topological polar surface area (TPSA) is 56.7 Å². The van der Waals surface area contributed by atoms with Gasteiger partial charge in [0.1, 0.15) is 12.2 Å². The summed E-state index contributed by atoms with van der Waals surface area (Å²) in [6.07, 6.45) is 5.68. The number of aromatic nitrogens is 3. The predicted molar refractivity (Wildman–Crippen MR) is 76.6 cm³/mol. The minimum absolute atomic E-state index is 0.115. The summed E-state index contributed by atoms with van der Waals surface area (Å²) >= 11 is 0. The van der Waals surface area contributed by atoms with E-state index >= 15 is 0 Å². The van der Waals surface area contributed by atoms with Gasteiger partial charge in [0.15, 0.2) is 0 Å². The zero-order valence-electron chi connectivity index (χ0n) is 11.5. The average Bonchev–Trinajstić information content (AvgIpc) is 2.88. The molecule has 1 aromatic carbocycles. The first-order valence-corrected chi connectivity index (χ1v) is 6.98. The second kappa shape index (κ2) is 7.04. The molecule has 1 aromatic heterocycles. The Balaban J connectivity index is 1.81. The molecule has 0 aliphatic carbocycles. The van der Waals surface area contributed by atoms with E-state index in [1.54, 1.807) is 6.33 Å². The van der Waals surface area contributed by atoms with E-state index in [0.717, 1.165) is 38.1 Å². The maximum atomic E-state index is 6.19. The van der Waals surface area contributed by atoms with E-state index in [2.05, 4.69) is 29.1 Å². The van der Waals surface area contributed by atoms with Gasteiger partial charge in [0.2, 0.25) is 0 Å². The fourth-order valence-electron chi connectivity index (χ4n) is 2.23. The molecule has 1 unspecified atom stereocenters. The molecule has 0 saturated heterocycles. The van der Waals surface area contributed by atoms with Gasteiger partial charge in [0, 0.05) is 19.0 Å². The summed E-state index contributed by atoms with van der Waals surface area (Å²) in [7, 11) is 0. The van der Waals surface area contributed by atoms with Crippen LogP contribution in [0, 0.1) is 0 Å². The molecule has 19 heavy (non-hydrogen) atoms. The summed E-state index contributed by atoms with van der Waals surface area (Å²) in [5.41, 5.74) is 7.39. The van der Waals surface area contributed by atoms with Gasteiger partial charge in [0.05, 0.1) is 0 Å². The number of nitrogens with zero attached hydrogens (tertiary/aromatic N) is 3. The van der Waals surface area contributed by atoms with Crippen LogP contribution < -0.4 is 5.73 Å². The second-order valence-electron chi connectivity index (χ2n) is 4.81. The Hall–Kier alpha value is -1.68. The monoisotopic (exact) mass is 258 g/mol. The number of benzene rings is 1. The summed E-state index contributed by atoms with van der Waals surface area (Å²) in [6.45, 7) is 3.09. The van der Waals surface area contributed by atoms with E-state index in [9.17, 15) is 0 Å². The van der Waals surface area contributed by atoms with Crippen molar-refractivity contribution in [1.29, 1.82) is 0 Å². The first-order chi connectivity index (χ1) is 9.31. The van der Waals surface area contributed by atoms with Gasteiger partial charge in [-0.15, -0.1) is 0 Å². The second-order valence-corrected chi connectivity index (χ2v) is 4.81. The summed E-state index contributed by atoms with van der Waals surface area (Å²) < 4.78 is 1.99. The standard InChI is InChI=1S/C15H22N4/c1-2-11-19-15(17-12-18-19)10-6-9-14(16)13-7-4-3-5-8-13/h3-5,7-8,12,14H,2,6,9-11,16H2,1H3. The van der Waals surface area contributed by atoms with Gasteiger partial charge in [-0.1, -0.05) is 37.3 Å². The van der Waals surface area contributed by atoms with E-state index in [1.165, 1.54) is 5.56 Å². The van der Waals surface area contributed by atoms with Crippen molar-refractivity contribution >= 4 is 0 Å². The minimum Gasteiger partial charge on any atom is -0.324 e. The lowest BCUT2D eigenvalue weighted by atomic mass is 10.0. The molecule has 102 valence electrons. The lowest BCUT2D eigenvalue weighted by Crippen LogP contribution is -2.11. The van der Waals surface area contributed by atoms with E-state index in [1.807, 2.05) is 22.9 Å². The van der Waals surface area contributed by atoms with Crippen molar-refractivity contribution < 1.29 is 0 Å². The molecule has 0 saturated carbocycles. The third-order valence-electron chi connectivity index (χ3n) is 3.27. The number of aryl methyl sites for hydroxylation is 2. The molecule has 1 heterocycles. The zero-order chi connectivity index (χ0) is 13.5. The highest BCUT2D eigenvalue weighted by Gasteiger charge is 2.07. The average molecular weight is 258 g/mol. The highest BCUT2D eigenvalue weighted by molar-refractivity contribution is 5.18. The Morgan fingerprint density at radius 2 is 2.05 bits per heavy atom. The summed E-state index contributed by atoms with van der Waals surface area (Å²) in [4.78, 5) is 4.32. The summed E-state index contributed by atoms with van der Waals surface area (Å²) in [6, 6.07) is 10.4. The molecular weight excluding hydrogens is 236 g/mol. The van der Waals surface area contributed by atoms with Gasteiger partial charge >= 0.3 is 0 Å². The first-order valence-electron chi connectivity index (χ1n) is 6.98. The van der Waals surface area contributed by atoms with Crippen LogP contribution in [-0.4, -0.2) is 14.8 Å². The normalized spacial score (nSPS) is 12.5. The van der Waals surface area contributed by atoms with Crippen LogP contribution in [0.15, 0.2) is 36.7 Å². The molecule has 2 N–H and O–H groups in total. The molecule has 4 nitrogen and oxygen atoms in total. The third kappa shape index (κ3) is 3.89. The quantitative estimate of drug-likeness (QED) is 0.830. The lowest BCUT2D eigenvalue weighted by molar-refractivity contribution is 0.541.